The molecular weight excluding hydrogens is 330 g/mol. The number of ether oxygens (including phenoxy) is 2. The van der Waals surface area contributed by atoms with Gasteiger partial charge in [-0.25, -0.2) is 0 Å². The molecule has 0 aromatic carbocycles. The number of ketones is 1. The summed E-state index contributed by atoms with van der Waals surface area (Å²) in [7, 11) is 0. The largest absolute Gasteiger partial charge is 0.376 e. The Morgan fingerprint density at radius 2 is 1.38 bits per heavy atom. The lowest BCUT2D eigenvalue weighted by atomic mass is 10.0. The molecule has 1 N–H and O–H groups in total. The van der Waals surface area contributed by atoms with Crippen LogP contribution in [0.3, 0.4) is 0 Å². The zero-order valence-corrected chi connectivity index (χ0v) is 17.4. The number of Topliss-reactive ketones (excluding diaryl/α,β-unsaturated/α-hetero) is 1. The van der Waals surface area contributed by atoms with E-state index in [-0.39, 0.29) is 29.8 Å². The molecule has 0 heterocycles. The van der Waals surface area contributed by atoms with Crippen LogP contribution in [0.25, 0.3) is 0 Å². The van der Waals surface area contributed by atoms with Gasteiger partial charge in [0.25, 0.3) is 0 Å². The van der Waals surface area contributed by atoms with Crippen LogP contribution >= 0.6 is 0 Å². The van der Waals surface area contributed by atoms with Gasteiger partial charge >= 0.3 is 0 Å². The SMILES string of the molecule is C=C(C)C(=O)CCC(C)COC(C)C(C)OCC(C)CNC(=O)C(=C)C. The fourth-order valence-electron chi connectivity index (χ4n) is 2.05. The Morgan fingerprint density at radius 1 is 0.885 bits per heavy atom. The van der Waals surface area contributed by atoms with Crippen molar-refractivity contribution in [1.82, 2.24) is 5.32 Å². The number of carbonyl (C=O) groups is 2. The summed E-state index contributed by atoms with van der Waals surface area (Å²) in [5, 5.41) is 2.82. The van der Waals surface area contributed by atoms with Crippen LogP contribution in [0.4, 0.5) is 0 Å². The van der Waals surface area contributed by atoms with E-state index in [1.807, 2.05) is 20.8 Å². The standard InChI is InChI=1S/C21H37NO4/c1-14(2)20(23)10-9-16(5)12-25-18(7)19(8)26-13-17(6)11-22-21(24)15(3)4/h16-19H,1,3,9-13H2,2,4-8H3,(H,22,24). The van der Waals surface area contributed by atoms with E-state index in [0.29, 0.717) is 43.2 Å². The van der Waals surface area contributed by atoms with E-state index in [0.717, 1.165) is 6.42 Å². The topological polar surface area (TPSA) is 64.6 Å². The number of rotatable bonds is 14. The van der Waals surface area contributed by atoms with E-state index in [9.17, 15) is 9.59 Å². The normalized spacial score (nSPS) is 15.6. The van der Waals surface area contributed by atoms with Crippen LogP contribution < -0.4 is 5.32 Å². The monoisotopic (exact) mass is 367 g/mol. The first-order valence-electron chi connectivity index (χ1n) is 9.40. The van der Waals surface area contributed by atoms with Gasteiger partial charge in [-0.2, -0.15) is 0 Å². The third kappa shape index (κ3) is 11.2. The summed E-state index contributed by atoms with van der Waals surface area (Å²) >= 11 is 0. The highest BCUT2D eigenvalue weighted by molar-refractivity contribution is 5.94. The molecule has 0 aromatic heterocycles. The van der Waals surface area contributed by atoms with E-state index in [1.165, 1.54) is 0 Å². The number of carbonyl (C=O) groups excluding carboxylic acids is 2. The van der Waals surface area contributed by atoms with Crippen LogP contribution in [0.15, 0.2) is 24.3 Å². The lowest BCUT2D eigenvalue weighted by Gasteiger charge is -2.24. The summed E-state index contributed by atoms with van der Waals surface area (Å²) in [4.78, 5) is 23.1. The lowest BCUT2D eigenvalue weighted by Crippen LogP contribution is -2.33. The number of amides is 1. The van der Waals surface area contributed by atoms with Crippen molar-refractivity contribution in [3.05, 3.63) is 24.3 Å². The van der Waals surface area contributed by atoms with Crippen LogP contribution in [-0.4, -0.2) is 43.7 Å². The third-order valence-corrected chi connectivity index (χ3v) is 4.29. The molecule has 5 nitrogen and oxygen atoms in total. The fourth-order valence-corrected chi connectivity index (χ4v) is 2.05. The van der Waals surface area contributed by atoms with Crippen molar-refractivity contribution in [3.8, 4) is 0 Å². The van der Waals surface area contributed by atoms with Gasteiger partial charge in [0, 0.05) is 25.1 Å². The lowest BCUT2D eigenvalue weighted by molar-refractivity contribution is -0.118. The van der Waals surface area contributed by atoms with Gasteiger partial charge in [0.15, 0.2) is 5.78 Å². The zero-order valence-electron chi connectivity index (χ0n) is 17.4. The van der Waals surface area contributed by atoms with E-state index in [2.05, 4.69) is 25.4 Å². The minimum atomic E-state index is -0.124. The summed E-state index contributed by atoms with van der Waals surface area (Å²) in [6.07, 6.45) is 1.24. The molecular formula is C21H37NO4. The second-order valence-corrected chi connectivity index (χ2v) is 7.52. The van der Waals surface area contributed by atoms with Gasteiger partial charge in [0.2, 0.25) is 5.91 Å². The summed E-state index contributed by atoms with van der Waals surface area (Å²) in [6.45, 7) is 20.5. The summed E-state index contributed by atoms with van der Waals surface area (Å²) in [5.74, 6) is 0.513. The van der Waals surface area contributed by atoms with Gasteiger partial charge in [-0.15, -0.1) is 0 Å². The zero-order chi connectivity index (χ0) is 20.3. The average molecular weight is 368 g/mol. The Hall–Kier alpha value is -1.46. The van der Waals surface area contributed by atoms with Gasteiger partial charge in [-0.3, -0.25) is 9.59 Å². The van der Waals surface area contributed by atoms with Crippen LogP contribution in [0.2, 0.25) is 0 Å². The van der Waals surface area contributed by atoms with Gasteiger partial charge in [0.1, 0.15) is 0 Å². The number of allylic oxidation sites excluding steroid dienone is 1. The molecule has 1 amide bonds. The van der Waals surface area contributed by atoms with Gasteiger partial charge in [-0.05, 0) is 51.5 Å². The van der Waals surface area contributed by atoms with Crippen molar-refractivity contribution in [2.24, 2.45) is 11.8 Å². The fraction of sp³-hybridized carbons (Fsp3) is 0.714. The predicted octanol–water partition coefficient (Wildman–Crippen LogP) is 3.69. The summed E-state index contributed by atoms with van der Waals surface area (Å²) in [5.41, 5.74) is 1.12. The number of nitrogens with one attached hydrogen (secondary N) is 1. The van der Waals surface area contributed by atoms with Crippen LogP contribution in [0, 0.1) is 11.8 Å². The second kappa shape index (κ2) is 12.8. The summed E-state index contributed by atoms with van der Waals surface area (Å²) in [6, 6.07) is 0. The molecule has 0 saturated heterocycles. The van der Waals surface area contributed by atoms with E-state index >= 15 is 0 Å². The predicted molar refractivity (Wildman–Crippen MR) is 106 cm³/mol. The number of hydrogen-bond acceptors (Lipinski definition) is 4. The molecule has 0 rings (SSSR count). The molecule has 0 radical (unpaired) electrons. The van der Waals surface area contributed by atoms with Crippen LogP contribution in [-0.2, 0) is 19.1 Å². The average Bonchev–Trinajstić information content (AvgIpc) is 2.59. The van der Waals surface area contributed by atoms with Gasteiger partial charge in [-0.1, -0.05) is 27.0 Å². The molecule has 0 spiro atoms. The van der Waals surface area contributed by atoms with Gasteiger partial charge in [0.05, 0.1) is 18.8 Å². The minimum absolute atomic E-state index is 0.0356. The van der Waals surface area contributed by atoms with Gasteiger partial charge < -0.3 is 14.8 Å². The number of hydrogen-bond donors (Lipinski definition) is 1. The highest BCUT2D eigenvalue weighted by Crippen LogP contribution is 2.12. The molecule has 0 aromatic rings. The highest BCUT2D eigenvalue weighted by Gasteiger charge is 2.17. The first-order chi connectivity index (χ1) is 12.0. The second-order valence-electron chi connectivity index (χ2n) is 7.52. The molecule has 4 unspecified atom stereocenters. The molecule has 150 valence electrons. The van der Waals surface area contributed by atoms with E-state index in [1.54, 1.807) is 13.8 Å². The molecule has 4 atom stereocenters. The Bertz CT molecular complexity index is 442. The molecule has 0 aliphatic carbocycles. The molecule has 0 aliphatic heterocycles. The van der Waals surface area contributed by atoms with Crippen molar-refractivity contribution in [2.45, 2.75) is 66.6 Å². The van der Waals surface area contributed by atoms with Crippen LogP contribution in [0.1, 0.15) is 54.4 Å². The molecule has 0 fully saturated rings. The van der Waals surface area contributed by atoms with Crippen molar-refractivity contribution in [1.29, 1.82) is 0 Å². The maximum Gasteiger partial charge on any atom is 0.246 e. The summed E-state index contributed by atoms with van der Waals surface area (Å²) < 4.78 is 11.7. The van der Waals surface area contributed by atoms with Crippen molar-refractivity contribution >= 4 is 11.7 Å². The van der Waals surface area contributed by atoms with Crippen molar-refractivity contribution in [2.75, 3.05) is 19.8 Å². The van der Waals surface area contributed by atoms with Crippen molar-refractivity contribution < 1.29 is 19.1 Å². The Morgan fingerprint density at radius 3 is 1.85 bits per heavy atom. The van der Waals surface area contributed by atoms with Crippen LogP contribution in [0.5, 0.6) is 0 Å². The maximum absolute atomic E-state index is 11.6. The Labute approximate surface area is 159 Å². The molecule has 26 heavy (non-hydrogen) atoms. The quantitative estimate of drug-likeness (QED) is 0.476. The third-order valence-electron chi connectivity index (χ3n) is 4.29. The minimum Gasteiger partial charge on any atom is -0.376 e. The first-order valence-corrected chi connectivity index (χ1v) is 9.40. The van der Waals surface area contributed by atoms with E-state index in [4.69, 9.17) is 9.47 Å². The van der Waals surface area contributed by atoms with E-state index < -0.39 is 0 Å². The Balaban J connectivity index is 3.99. The maximum atomic E-state index is 11.6. The smallest absolute Gasteiger partial charge is 0.246 e. The first kappa shape index (κ1) is 24.5. The molecule has 5 heteroatoms. The molecule has 0 aliphatic rings. The molecule has 0 bridgehead atoms. The van der Waals surface area contributed by atoms with Crippen molar-refractivity contribution in [3.63, 3.8) is 0 Å². The molecule has 0 saturated carbocycles. The highest BCUT2D eigenvalue weighted by atomic mass is 16.5. The Kier molecular flexibility index (Phi) is 12.1.